The second kappa shape index (κ2) is 15.2. The maximum atomic E-state index is 12.9. The maximum absolute atomic E-state index is 12.9. The minimum Gasteiger partial charge on any atom is -0.481 e. The number of hydrogen-bond acceptors (Lipinski definition) is 9. The first-order valence-corrected chi connectivity index (χ1v) is 15.9. The largest absolute Gasteiger partial charge is 0.481 e. The van der Waals surface area contributed by atoms with Crippen LogP contribution < -0.4 is 10.8 Å². The van der Waals surface area contributed by atoms with Crippen molar-refractivity contribution in [2.45, 2.75) is 120 Å². The van der Waals surface area contributed by atoms with Gasteiger partial charge in [0.25, 0.3) is 0 Å². The number of hydrogen-bond donors (Lipinski definition) is 4. The van der Waals surface area contributed by atoms with Crippen LogP contribution in [0.15, 0.2) is 0 Å². The van der Waals surface area contributed by atoms with Crippen LogP contribution >= 0.6 is 0 Å². The van der Waals surface area contributed by atoms with E-state index >= 15 is 0 Å². The molecule has 14 heteroatoms. The summed E-state index contributed by atoms with van der Waals surface area (Å²) < 4.78 is 0. The van der Waals surface area contributed by atoms with Crippen molar-refractivity contribution in [3.63, 3.8) is 0 Å². The van der Waals surface area contributed by atoms with Crippen LogP contribution in [0.2, 0.25) is 0 Å². The Morgan fingerprint density at radius 2 is 1.19 bits per heavy atom. The third-order valence-corrected chi connectivity index (χ3v) is 10.6. The lowest BCUT2D eigenvalue weighted by atomic mass is 9.75. The van der Waals surface area contributed by atoms with Gasteiger partial charge in [-0.05, 0) is 88.4 Å². The number of aliphatic carboxylic acids is 2. The van der Waals surface area contributed by atoms with E-state index in [0.29, 0.717) is 24.7 Å². The molecule has 14 nitrogen and oxygen atoms in total. The van der Waals surface area contributed by atoms with Crippen LogP contribution in [-0.4, -0.2) is 68.7 Å². The number of carbonyl (C=O) groups excluding carboxylic acids is 1. The van der Waals surface area contributed by atoms with Gasteiger partial charge in [0.2, 0.25) is 18.0 Å². The van der Waals surface area contributed by atoms with E-state index in [1.165, 1.54) is 0 Å². The predicted molar refractivity (Wildman–Crippen MR) is 152 cm³/mol. The molecule has 0 saturated heterocycles. The first kappa shape index (κ1) is 33.0. The number of nitrogens with zero attached hydrogens (tertiary/aromatic N) is 2. The highest BCUT2D eigenvalue weighted by Gasteiger charge is 2.44. The number of carbonyl (C=O) groups is 3. The second-order valence-electron chi connectivity index (χ2n) is 13.4. The zero-order valence-electron chi connectivity index (χ0n) is 24.6. The predicted octanol–water partition coefficient (Wildman–Crippen LogP) is 3.42. The van der Waals surface area contributed by atoms with Crippen molar-refractivity contribution in [3.8, 4) is 0 Å². The van der Waals surface area contributed by atoms with Gasteiger partial charge in [0, 0.05) is 47.6 Å². The van der Waals surface area contributed by atoms with E-state index in [9.17, 15) is 44.8 Å². The molecule has 0 radical (unpaired) electrons. The Hall–Kier alpha value is -2.87. The van der Waals surface area contributed by atoms with Gasteiger partial charge in [-0.25, -0.2) is 0 Å². The Bertz CT molecular complexity index is 1010. The van der Waals surface area contributed by atoms with Gasteiger partial charge >= 0.3 is 11.9 Å². The molecule has 0 aromatic rings. The molecule has 0 aromatic carbocycles. The molecule has 4 aliphatic rings. The third kappa shape index (κ3) is 9.07. The van der Waals surface area contributed by atoms with E-state index in [1.54, 1.807) is 0 Å². The van der Waals surface area contributed by atoms with E-state index in [0.717, 1.165) is 57.8 Å². The summed E-state index contributed by atoms with van der Waals surface area (Å²) in [4.78, 5) is 63.4. The van der Waals surface area contributed by atoms with E-state index in [-0.39, 0.29) is 61.1 Å². The maximum Gasteiger partial charge on any atom is 0.307 e. The molecule has 242 valence electrons. The highest BCUT2D eigenvalue weighted by atomic mass is 16.6. The molecule has 4 aliphatic carbocycles. The van der Waals surface area contributed by atoms with Crippen LogP contribution in [0.4, 0.5) is 0 Å². The SMILES string of the molecule is O=C(O)C1CC([N+](=O)[O-])CCC1CONC1CCC(CC2CCC(NC(=O)C3CCC([N+](=O)[O-])CC3C(=O)O)CC2)CC1. The minimum atomic E-state index is -1.14. The molecule has 4 rings (SSSR count). The fourth-order valence-electron chi connectivity index (χ4n) is 7.94. The molecular weight excluding hydrogens is 564 g/mol. The number of rotatable bonds is 12. The molecule has 0 aliphatic heterocycles. The fourth-order valence-corrected chi connectivity index (χ4v) is 7.94. The molecule has 0 heterocycles. The number of amides is 1. The van der Waals surface area contributed by atoms with E-state index in [4.69, 9.17) is 4.84 Å². The molecule has 0 aromatic heterocycles. The Balaban J connectivity index is 1.11. The number of nitrogens with one attached hydrogen (secondary N) is 2. The molecular formula is C29H46N4O10. The van der Waals surface area contributed by atoms with Crippen molar-refractivity contribution in [1.82, 2.24) is 10.8 Å². The summed E-state index contributed by atoms with van der Waals surface area (Å²) in [7, 11) is 0. The molecule has 1 amide bonds. The number of hydroxylamine groups is 1. The van der Waals surface area contributed by atoms with Gasteiger partial charge in [0.1, 0.15) is 0 Å². The molecule has 4 N–H and O–H groups in total. The molecule has 0 bridgehead atoms. The van der Waals surface area contributed by atoms with Crippen LogP contribution in [0.3, 0.4) is 0 Å². The summed E-state index contributed by atoms with van der Waals surface area (Å²) in [5.41, 5.74) is 3.12. The Morgan fingerprint density at radius 3 is 1.72 bits per heavy atom. The van der Waals surface area contributed by atoms with Crippen molar-refractivity contribution in [2.24, 2.45) is 35.5 Å². The number of carboxylic acids is 2. The Kier molecular flexibility index (Phi) is 11.7. The van der Waals surface area contributed by atoms with Gasteiger partial charge in [-0.15, -0.1) is 0 Å². The van der Waals surface area contributed by atoms with Crippen molar-refractivity contribution in [2.75, 3.05) is 6.61 Å². The zero-order valence-corrected chi connectivity index (χ0v) is 24.6. The van der Waals surface area contributed by atoms with Gasteiger partial charge in [-0.2, -0.15) is 5.48 Å². The molecule has 0 spiro atoms. The lowest BCUT2D eigenvalue weighted by Gasteiger charge is -2.36. The minimum absolute atomic E-state index is 0.0128. The van der Waals surface area contributed by atoms with Crippen LogP contribution in [0.25, 0.3) is 0 Å². The van der Waals surface area contributed by atoms with Gasteiger partial charge in [-0.1, -0.05) is 0 Å². The zero-order chi connectivity index (χ0) is 31.1. The lowest BCUT2D eigenvalue weighted by molar-refractivity contribution is -0.528. The fraction of sp³-hybridized carbons (Fsp3) is 0.897. The molecule has 4 saturated carbocycles. The summed E-state index contributed by atoms with van der Waals surface area (Å²) in [6, 6.07) is -1.48. The summed E-state index contributed by atoms with van der Waals surface area (Å²) in [5.74, 6) is -3.96. The van der Waals surface area contributed by atoms with Crippen LogP contribution in [0.5, 0.6) is 0 Å². The summed E-state index contributed by atoms with van der Waals surface area (Å²) in [6.07, 6.45) is 10.2. The Labute approximate surface area is 250 Å². The average Bonchev–Trinajstić information content (AvgIpc) is 2.98. The number of carboxylic acid groups (broad SMARTS) is 2. The van der Waals surface area contributed by atoms with E-state index in [1.807, 2.05) is 0 Å². The van der Waals surface area contributed by atoms with Crippen molar-refractivity contribution >= 4 is 17.8 Å². The average molecular weight is 611 g/mol. The van der Waals surface area contributed by atoms with Crippen LogP contribution in [0.1, 0.15) is 96.3 Å². The Morgan fingerprint density at radius 1 is 0.674 bits per heavy atom. The van der Waals surface area contributed by atoms with Gasteiger partial charge < -0.3 is 20.4 Å². The van der Waals surface area contributed by atoms with Gasteiger partial charge in [0.15, 0.2) is 0 Å². The molecule has 4 fully saturated rings. The van der Waals surface area contributed by atoms with Gasteiger partial charge in [-0.3, -0.25) is 34.6 Å². The van der Waals surface area contributed by atoms with Crippen LogP contribution in [0, 0.1) is 55.7 Å². The van der Waals surface area contributed by atoms with E-state index in [2.05, 4.69) is 10.8 Å². The smallest absolute Gasteiger partial charge is 0.307 e. The first-order valence-electron chi connectivity index (χ1n) is 15.9. The van der Waals surface area contributed by atoms with Crippen molar-refractivity contribution in [1.29, 1.82) is 0 Å². The molecule has 43 heavy (non-hydrogen) atoms. The third-order valence-electron chi connectivity index (χ3n) is 10.6. The monoisotopic (exact) mass is 610 g/mol. The second-order valence-corrected chi connectivity index (χ2v) is 13.4. The quantitative estimate of drug-likeness (QED) is 0.186. The normalized spacial score (nSPS) is 36.7. The summed E-state index contributed by atoms with van der Waals surface area (Å²) in [6.45, 7) is 0.234. The topological polar surface area (TPSA) is 211 Å². The molecule has 6 atom stereocenters. The van der Waals surface area contributed by atoms with Crippen molar-refractivity contribution in [3.05, 3.63) is 20.2 Å². The highest BCUT2D eigenvalue weighted by Crippen LogP contribution is 2.37. The first-order chi connectivity index (χ1) is 20.5. The number of nitro groups is 2. The highest BCUT2D eigenvalue weighted by molar-refractivity contribution is 5.85. The summed E-state index contributed by atoms with van der Waals surface area (Å²) >= 11 is 0. The lowest BCUT2D eigenvalue weighted by Crippen LogP contribution is -2.47. The molecule has 6 unspecified atom stereocenters. The van der Waals surface area contributed by atoms with E-state index < -0.39 is 46.7 Å². The van der Waals surface area contributed by atoms with Crippen molar-refractivity contribution < 1.29 is 39.3 Å². The summed E-state index contributed by atoms with van der Waals surface area (Å²) in [5, 5.41) is 44.3. The van der Waals surface area contributed by atoms with Crippen LogP contribution in [-0.2, 0) is 19.2 Å². The standard InChI is InChI=1S/C29H46N4O10/c34-27(24-12-11-23(33(41)42)15-26(24)29(37)38)30-20-6-1-17(2-7-20)13-18-3-8-21(9-4-18)31-43-16-19-5-10-22(32(39)40)14-25(19)28(35)36/h17-26,31H,1-16H2,(H,30,34)(H,35,36)(H,37,38). The van der Waals surface area contributed by atoms with Gasteiger partial charge in [0.05, 0.1) is 24.4 Å².